The number of amides is 1. The Morgan fingerprint density at radius 2 is 2.04 bits per heavy atom. The minimum atomic E-state index is -0.653. The lowest BCUT2D eigenvalue weighted by atomic mass is 10.2. The van der Waals surface area contributed by atoms with Gasteiger partial charge in [-0.25, -0.2) is 0 Å². The van der Waals surface area contributed by atoms with Gasteiger partial charge in [0, 0.05) is 35.5 Å². The minimum absolute atomic E-state index is 0.104. The molecule has 0 fully saturated rings. The lowest BCUT2D eigenvalue weighted by molar-refractivity contribution is -0.384. The zero-order valence-electron chi connectivity index (χ0n) is 13.3. The molecule has 8 nitrogen and oxygen atoms in total. The van der Waals surface area contributed by atoms with E-state index in [0.29, 0.717) is 5.69 Å². The first-order valence-corrected chi connectivity index (χ1v) is 7.69. The van der Waals surface area contributed by atoms with Crippen molar-refractivity contribution in [2.45, 2.75) is 0 Å². The van der Waals surface area contributed by atoms with Crippen molar-refractivity contribution in [1.82, 2.24) is 9.97 Å². The summed E-state index contributed by atoms with van der Waals surface area (Å²) in [5.41, 5.74) is 2.79. The molecule has 4 rings (SSSR count). The molecule has 0 radical (unpaired) electrons. The average Bonchev–Trinajstić information content (AvgIpc) is 3.00. The number of hydrogen-bond donors (Lipinski definition) is 1. The third-order valence-corrected chi connectivity index (χ3v) is 3.96. The maximum atomic E-state index is 12.3. The molecule has 1 N–H and O–H groups in total. The maximum Gasteiger partial charge on any atom is 0.295 e. The van der Waals surface area contributed by atoms with Crippen molar-refractivity contribution in [3.8, 4) is 11.3 Å². The number of aromatic nitrogens is 2. The van der Waals surface area contributed by atoms with Crippen LogP contribution in [0, 0.1) is 10.1 Å². The van der Waals surface area contributed by atoms with Gasteiger partial charge in [0.2, 0.25) is 0 Å². The Balaban J connectivity index is 1.76. The molecule has 0 unspecified atom stereocenters. The predicted molar refractivity (Wildman–Crippen MR) is 94.7 cm³/mol. The smallest absolute Gasteiger partial charge is 0.295 e. The molecular formula is C18H11N5O3. The number of azo groups is 1. The van der Waals surface area contributed by atoms with E-state index in [1.165, 1.54) is 24.3 Å². The molecular weight excluding hydrogens is 334 g/mol. The Morgan fingerprint density at radius 3 is 2.88 bits per heavy atom. The lowest BCUT2D eigenvalue weighted by Gasteiger charge is -1.98. The number of nitro groups is 1. The number of carbonyl (C=O) groups is 1. The van der Waals surface area contributed by atoms with Crippen LogP contribution in [0.4, 0.5) is 11.4 Å². The molecule has 0 atom stereocenters. The predicted octanol–water partition coefficient (Wildman–Crippen LogP) is 4.50. The fourth-order valence-electron chi connectivity index (χ4n) is 2.78. The Kier molecular flexibility index (Phi) is 3.70. The number of benzene rings is 1. The van der Waals surface area contributed by atoms with Gasteiger partial charge in [-0.05, 0) is 30.3 Å². The fourth-order valence-corrected chi connectivity index (χ4v) is 2.78. The van der Waals surface area contributed by atoms with Crippen molar-refractivity contribution < 1.29 is 9.72 Å². The Hall–Kier alpha value is -3.94. The molecule has 1 aromatic heterocycles. The van der Waals surface area contributed by atoms with Gasteiger partial charge in [0.1, 0.15) is 5.69 Å². The summed E-state index contributed by atoms with van der Waals surface area (Å²) in [6, 6.07) is 12.7. The third-order valence-electron chi connectivity index (χ3n) is 3.96. The number of nitrogens with one attached hydrogen (secondary N) is 1. The highest BCUT2D eigenvalue weighted by molar-refractivity contribution is 6.09. The van der Waals surface area contributed by atoms with Crippen LogP contribution in [0.3, 0.4) is 0 Å². The van der Waals surface area contributed by atoms with E-state index in [9.17, 15) is 14.9 Å². The second kappa shape index (κ2) is 6.17. The van der Waals surface area contributed by atoms with E-state index in [-0.39, 0.29) is 11.3 Å². The second-order valence-electron chi connectivity index (χ2n) is 5.52. The van der Waals surface area contributed by atoms with Crippen molar-refractivity contribution in [1.29, 1.82) is 0 Å². The van der Waals surface area contributed by atoms with Gasteiger partial charge in [0.25, 0.3) is 11.6 Å². The van der Waals surface area contributed by atoms with Crippen LogP contribution in [0.15, 0.2) is 71.2 Å². The number of hydrogen-bond acceptors (Lipinski definition) is 5. The molecule has 8 heteroatoms. The zero-order chi connectivity index (χ0) is 18.1. The summed E-state index contributed by atoms with van der Waals surface area (Å²) < 4.78 is 0. The van der Waals surface area contributed by atoms with Crippen molar-refractivity contribution in [3.63, 3.8) is 0 Å². The average molecular weight is 345 g/mol. The van der Waals surface area contributed by atoms with E-state index >= 15 is 0 Å². The van der Waals surface area contributed by atoms with Crippen LogP contribution >= 0.6 is 0 Å². The number of fused-ring (bicyclic) bond motifs is 3. The van der Waals surface area contributed by atoms with Gasteiger partial charge < -0.3 is 4.98 Å². The van der Waals surface area contributed by atoms with Gasteiger partial charge in [-0.1, -0.05) is 6.07 Å². The second-order valence-corrected chi connectivity index (χ2v) is 5.52. The highest BCUT2D eigenvalue weighted by Gasteiger charge is 2.19. The first kappa shape index (κ1) is 15.6. The quantitative estimate of drug-likeness (QED) is 0.334. The van der Waals surface area contributed by atoms with Crippen molar-refractivity contribution in [3.05, 3.63) is 76.6 Å². The minimum Gasteiger partial charge on any atom is -0.359 e. The topological polar surface area (TPSA) is 114 Å². The normalized spacial score (nSPS) is 11.4. The van der Waals surface area contributed by atoms with Crippen LogP contribution in [0.5, 0.6) is 0 Å². The highest BCUT2D eigenvalue weighted by Crippen LogP contribution is 2.42. The standard InChI is InChI=1S/C18H11N5O3/c24-18(11-4-1-5-12(10-11)23(25)26)22-21-15-13-6-2-8-19-16(13)17-14(15)7-3-9-20-17/h1-10,19H. The Labute approximate surface area is 146 Å². The number of pyridine rings is 2. The van der Waals surface area contributed by atoms with Crippen LogP contribution in [0.25, 0.3) is 22.2 Å². The lowest BCUT2D eigenvalue weighted by Crippen LogP contribution is -1.96. The van der Waals surface area contributed by atoms with E-state index in [2.05, 4.69) is 20.2 Å². The SMILES string of the molecule is O=C(N=Nc1c2ccc[nH]c-2c2ncccc12)c1cccc([N+](=O)[O-])c1. The summed E-state index contributed by atoms with van der Waals surface area (Å²) in [6.45, 7) is 0. The molecule has 1 aliphatic heterocycles. The largest absolute Gasteiger partial charge is 0.359 e. The van der Waals surface area contributed by atoms with Crippen LogP contribution < -0.4 is 0 Å². The molecule has 2 aliphatic rings. The molecule has 26 heavy (non-hydrogen) atoms. The van der Waals surface area contributed by atoms with E-state index in [1.807, 2.05) is 18.2 Å². The molecule has 0 bridgehead atoms. The first-order valence-electron chi connectivity index (χ1n) is 7.69. The van der Waals surface area contributed by atoms with Gasteiger partial charge in [-0.3, -0.25) is 19.9 Å². The third kappa shape index (κ3) is 2.59. The molecule has 2 heterocycles. The van der Waals surface area contributed by atoms with Gasteiger partial charge in [0.15, 0.2) is 0 Å². The number of rotatable bonds is 3. The summed E-state index contributed by atoms with van der Waals surface area (Å²) in [4.78, 5) is 30.0. The van der Waals surface area contributed by atoms with Crippen LogP contribution in [0.1, 0.15) is 10.4 Å². The van der Waals surface area contributed by atoms with Gasteiger partial charge in [0.05, 0.1) is 21.7 Å². The molecule has 0 spiro atoms. The van der Waals surface area contributed by atoms with Crippen LogP contribution in [0.2, 0.25) is 0 Å². The van der Waals surface area contributed by atoms with Crippen molar-refractivity contribution in [2.75, 3.05) is 0 Å². The highest BCUT2D eigenvalue weighted by atomic mass is 16.6. The number of non-ortho nitro benzene ring substituents is 1. The van der Waals surface area contributed by atoms with Crippen LogP contribution in [-0.4, -0.2) is 20.8 Å². The van der Waals surface area contributed by atoms with Gasteiger partial charge >= 0.3 is 0 Å². The summed E-state index contributed by atoms with van der Waals surface area (Å²) in [6.07, 6.45) is 3.46. The molecule has 126 valence electrons. The first-order chi connectivity index (χ1) is 12.6. The number of H-pyrrole nitrogens is 1. The number of aromatic amines is 1. The zero-order valence-corrected chi connectivity index (χ0v) is 13.3. The monoisotopic (exact) mass is 345 g/mol. The van der Waals surface area contributed by atoms with Crippen molar-refractivity contribution >= 4 is 28.2 Å². The summed E-state index contributed by atoms with van der Waals surface area (Å²) in [5.74, 6) is -0.653. The van der Waals surface area contributed by atoms with E-state index in [1.54, 1.807) is 18.5 Å². The number of nitro benzene ring substituents is 1. The maximum absolute atomic E-state index is 12.3. The summed E-state index contributed by atoms with van der Waals surface area (Å²) >= 11 is 0. The van der Waals surface area contributed by atoms with E-state index in [4.69, 9.17) is 0 Å². The summed E-state index contributed by atoms with van der Waals surface area (Å²) in [5, 5.41) is 19.5. The van der Waals surface area contributed by atoms with Crippen LogP contribution in [-0.2, 0) is 0 Å². The fraction of sp³-hybridized carbons (Fsp3) is 0. The Bertz CT molecular complexity index is 1150. The molecule has 2 aromatic rings. The molecule has 1 amide bonds. The van der Waals surface area contributed by atoms with E-state index in [0.717, 1.165) is 22.2 Å². The molecule has 1 aromatic carbocycles. The molecule has 1 aliphatic carbocycles. The number of nitrogens with zero attached hydrogens (tertiary/aromatic N) is 4. The van der Waals surface area contributed by atoms with Crippen molar-refractivity contribution in [2.24, 2.45) is 10.2 Å². The van der Waals surface area contributed by atoms with Gasteiger partial charge in [-0.15, -0.1) is 10.2 Å². The van der Waals surface area contributed by atoms with Gasteiger partial charge in [-0.2, -0.15) is 0 Å². The molecule has 0 saturated heterocycles. The van der Waals surface area contributed by atoms with E-state index < -0.39 is 10.8 Å². The molecule has 0 saturated carbocycles. The Morgan fingerprint density at radius 1 is 1.15 bits per heavy atom. The summed E-state index contributed by atoms with van der Waals surface area (Å²) in [7, 11) is 0. The number of carbonyl (C=O) groups excluding carboxylic acids is 1.